The van der Waals surface area contributed by atoms with Crippen LogP contribution in [0.3, 0.4) is 0 Å². The van der Waals surface area contributed by atoms with Crippen molar-refractivity contribution in [1.82, 2.24) is 4.72 Å². The molecular formula is C10H16N2O3S. The summed E-state index contributed by atoms with van der Waals surface area (Å²) in [6.07, 6.45) is 0. The number of nitrogens with two attached hydrogens (primary N) is 1. The quantitative estimate of drug-likeness (QED) is 0.669. The number of sulfonamides is 1. The lowest BCUT2D eigenvalue weighted by atomic mass is 10.2. The lowest BCUT2D eigenvalue weighted by Crippen LogP contribution is -2.34. The Morgan fingerprint density at radius 1 is 1.38 bits per heavy atom. The normalized spacial score (nSPS) is 13.7. The number of aliphatic hydroxyl groups is 1. The largest absolute Gasteiger partial charge is 0.395 e. The highest BCUT2D eigenvalue weighted by molar-refractivity contribution is 7.89. The molecule has 16 heavy (non-hydrogen) atoms. The van der Waals surface area contributed by atoms with Crippen LogP contribution in [0.5, 0.6) is 0 Å². The van der Waals surface area contributed by atoms with Crippen LogP contribution in [-0.4, -0.2) is 26.2 Å². The van der Waals surface area contributed by atoms with Crippen LogP contribution in [0.2, 0.25) is 0 Å². The summed E-state index contributed by atoms with van der Waals surface area (Å²) in [5, 5.41) is 8.78. The first-order chi connectivity index (χ1) is 7.49. The van der Waals surface area contributed by atoms with E-state index >= 15 is 0 Å². The highest BCUT2D eigenvalue weighted by Gasteiger charge is 2.16. The lowest BCUT2D eigenvalue weighted by Gasteiger charge is -2.11. The number of nitrogens with one attached hydrogen (secondary N) is 1. The van der Waals surface area contributed by atoms with Crippen molar-refractivity contribution in [3.8, 4) is 0 Å². The Morgan fingerprint density at radius 3 is 2.38 bits per heavy atom. The second-order valence-electron chi connectivity index (χ2n) is 3.55. The van der Waals surface area contributed by atoms with Gasteiger partial charge in [0.1, 0.15) is 0 Å². The van der Waals surface area contributed by atoms with E-state index in [0.29, 0.717) is 6.54 Å². The molecule has 1 aromatic carbocycles. The van der Waals surface area contributed by atoms with E-state index in [4.69, 9.17) is 10.8 Å². The Kier molecular flexibility index (Phi) is 4.43. The Morgan fingerprint density at radius 2 is 1.94 bits per heavy atom. The second kappa shape index (κ2) is 5.40. The van der Waals surface area contributed by atoms with Crippen LogP contribution in [0.1, 0.15) is 12.5 Å². The van der Waals surface area contributed by atoms with Gasteiger partial charge in [-0.1, -0.05) is 12.1 Å². The van der Waals surface area contributed by atoms with Crippen LogP contribution in [0.15, 0.2) is 29.2 Å². The molecular weight excluding hydrogens is 228 g/mol. The topological polar surface area (TPSA) is 92.4 Å². The molecule has 0 bridgehead atoms. The molecule has 1 rings (SSSR count). The van der Waals surface area contributed by atoms with Crippen LogP contribution >= 0.6 is 0 Å². The predicted octanol–water partition coefficient (Wildman–Crippen LogP) is -0.196. The van der Waals surface area contributed by atoms with Crippen LogP contribution in [0, 0.1) is 0 Å². The van der Waals surface area contributed by atoms with E-state index in [9.17, 15) is 8.42 Å². The number of rotatable bonds is 5. The van der Waals surface area contributed by atoms with Crippen molar-refractivity contribution in [2.45, 2.75) is 24.4 Å². The molecule has 0 aromatic heterocycles. The molecule has 0 spiro atoms. The van der Waals surface area contributed by atoms with Gasteiger partial charge in [0, 0.05) is 12.6 Å². The van der Waals surface area contributed by atoms with E-state index in [1.165, 1.54) is 12.1 Å². The van der Waals surface area contributed by atoms with Crippen LogP contribution in [0.4, 0.5) is 0 Å². The molecule has 0 fully saturated rings. The van der Waals surface area contributed by atoms with Crippen molar-refractivity contribution in [2.75, 3.05) is 6.61 Å². The van der Waals surface area contributed by atoms with Gasteiger partial charge in [-0.2, -0.15) is 0 Å². The minimum absolute atomic E-state index is 0.171. The predicted molar refractivity (Wildman–Crippen MR) is 61.2 cm³/mol. The van der Waals surface area contributed by atoms with Gasteiger partial charge in [-0.05, 0) is 24.6 Å². The molecule has 5 nitrogen and oxygen atoms in total. The smallest absolute Gasteiger partial charge is 0.240 e. The molecule has 0 saturated heterocycles. The number of hydrogen-bond acceptors (Lipinski definition) is 4. The molecule has 6 heteroatoms. The van der Waals surface area contributed by atoms with E-state index in [1.807, 2.05) is 0 Å². The molecule has 90 valence electrons. The van der Waals surface area contributed by atoms with Gasteiger partial charge in [-0.3, -0.25) is 0 Å². The fourth-order valence-electron chi connectivity index (χ4n) is 1.17. The minimum Gasteiger partial charge on any atom is -0.395 e. The molecule has 1 aromatic rings. The maximum atomic E-state index is 11.7. The fourth-order valence-corrected chi connectivity index (χ4v) is 2.41. The summed E-state index contributed by atoms with van der Waals surface area (Å²) in [6.45, 7) is 1.73. The first kappa shape index (κ1) is 13.1. The van der Waals surface area contributed by atoms with Gasteiger partial charge in [0.2, 0.25) is 10.0 Å². The van der Waals surface area contributed by atoms with Gasteiger partial charge in [-0.25, -0.2) is 13.1 Å². The van der Waals surface area contributed by atoms with Crippen molar-refractivity contribution < 1.29 is 13.5 Å². The molecule has 1 atom stereocenters. The molecule has 0 radical (unpaired) electrons. The molecule has 0 amide bonds. The average molecular weight is 244 g/mol. The zero-order chi connectivity index (χ0) is 12.2. The fraction of sp³-hybridized carbons (Fsp3) is 0.400. The Balaban J connectivity index is 2.90. The number of hydrogen-bond donors (Lipinski definition) is 3. The molecule has 1 unspecified atom stereocenters. The van der Waals surface area contributed by atoms with Crippen LogP contribution in [-0.2, 0) is 16.6 Å². The zero-order valence-corrected chi connectivity index (χ0v) is 9.87. The molecule has 4 N–H and O–H groups in total. The lowest BCUT2D eigenvalue weighted by molar-refractivity contribution is 0.265. The van der Waals surface area contributed by atoms with E-state index in [1.54, 1.807) is 19.1 Å². The van der Waals surface area contributed by atoms with Crippen LogP contribution < -0.4 is 10.5 Å². The molecule has 0 aliphatic heterocycles. The zero-order valence-electron chi connectivity index (χ0n) is 9.05. The third-order valence-electron chi connectivity index (χ3n) is 2.10. The standard InChI is InChI=1S/C10H16N2O3S/c1-8(7-13)12-16(14,15)10-4-2-9(6-11)3-5-10/h2-5,8,12-13H,6-7,11H2,1H3. The third-order valence-corrected chi connectivity index (χ3v) is 3.70. The summed E-state index contributed by atoms with van der Waals surface area (Å²) in [5.74, 6) is 0. The van der Waals surface area contributed by atoms with Crippen LogP contribution in [0.25, 0.3) is 0 Å². The summed E-state index contributed by atoms with van der Waals surface area (Å²) in [7, 11) is -3.55. The van der Waals surface area contributed by atoms with Crippen molar-refractivity contribution in [1.29, 1.82) is 0 Å². The minimum atomic E-state index is -3.55. The Hall–Kier alpha value is -0.950. The monoisotopic (exact) mass is 244 g/mol. The highest BCUT2D eigenvalue weighted by Crippen LogP contribution is 2.10. The molecule has 0 heterocycles. The average Bonchev–Trinajstić information content (AvgIpc) is 2.28. The third kappa shape index (κ3) is 3.28. The molecule has 0 aliphatic rings. The van der Waals surface area contributed by atoms with Gasteiger partial charge in [-0.15, -0.1) is 0 Å². The summed E-state index contributed by atoms with van der Waals surface area (Å²) in [6, 6.07) is 5.82. The van der Waals surface area contributed by atoms with Gasteiger partial charge < -0.3 is 10.8 Å². The van der Waals surface area contributed by atoms with Crippen molar-refractivity contribution in [3.63, 3.8) is 0 Å². The maximum absolute atomic E-state index is 11.7. The van der Waals surface area contributed by atoms with Gasteiger partial charge in [0.25, 0.3) is 0 Å². The van der Waals surface area contributed by atoms with Crippen molar-refractivity contribution in [3.05, 3.63) is 29.8 Å². The second-order valence-corrected chi connectivity index (χ2v) is 5.27. The maximum Gasteiger partial charge on any atom is 0.240 e. The van der Waals surface area contributed by atoms with E-state index < -0.39 is 16.1 Å². The first-order valence-corrected chi connectivity index (χ1v) is 6.40. The summed E-state index contributed by atoms with van der Waals surface area (Å²) in [5.41, 5.74) is 6.28. The van der Waals surface area contributed by atoms with E-state index in [2.05, 4.69) is 4.72 Å². The summed E-state index contributed by atoms with van der Waals surface area (Å²) >= 11 is 0. The molecule has 0 saturated carbocycles. The summed E-state index contributed by atoms with van der Waals surface area (Å²) in [4.78, 5) is 0.171. The number of aliphatic hydroxyl groups excluding tert-OH is 1. The highest BCUT2D eigenvalue weighted by atomic mass is 32.2. The van der Waals surface area contributed by atoms with Crippen molar-refractivity contribution >= 4 is 10.0 Å². The van der Waals surface area contributed by atoms with Gasteiger partial charge >= 0.3 is 0 Å². The number of benzene rings is 1. The van der Waals surface area contributed by atoms with Gasteiger partial charge in [0.15, 0.2) is 0 Å². The van der Waals surface area contributed by atoms with Crippen molar-refractivity contribution in [2.24, 2.45) is 5.73 Å². The van der Waals surface area contributed by atoms with E-state index in [-0.39, 0.29) is 11.5 Å². The van der Waals surface area contributed by atoms with Gasteiger partial charge in [0.05, 0.1) is 11.5 Å². The summed E-state index contributed by atoms with van der Waals surface area (Å²) < 4.78 is 25.8. The van der Waals surface area contributed by atoms with E-state index in [0.717, 1.165) is 5.56 Å². The Labute approximate surface area is 95.3 Å². The SMILES string of the molecule is CC(CO)NS(=O)(=O)c1ccc(CN)cc1. The molecule has 0 aliphatic carbocycles. The Bertz CT molecular complexity index is 428. The first-order valence-electron chi connectivity index (χ1n) is 4.92.